The third-order valence-corrected chi connectivity index (χ3v) is 9.22. The molecule has 0 N–H and O–H groups in total. The van der Waals surface area contributed by atoms with Gasteiger partial charge in [0, 0.05) is 33.3 Å². The predicted octanol–water partition coefficient (Wildman–Crippen LogP) is 0.235. The molecule has 8 heteroatoms. The molecule has 0 aliphatic heterocycles. The van der Waals surface area contributed by atoms with Gasteiger partial charge in [-0.25, -0.2) is 0 Å². The van der Waals surface area contributed by atoms with E-state index >= 15 is 0 Å². The van der Waals surface area contributed by atoms with Gasteiger partial charge in [-0.2, -0.15) is 8.78 Å². The van der Waals surface area contributed by atoms with Crippen LogP contribution < -0.4 is 24.8 Å². The second kappa shape index (κ2) is 10.6. The third-order valence-electron chi connectivity index (χ3n) is 6.67. The van der Waals surface area contributed by atoms with Crippen molar-refractivity contribution >= 4 is 25.6 Å². The summed E-state index contributed by atoms with van der Waals surface area (Å²) >= 11 is 0. The monoisotopic (exact) mass is 540 g/mol. The second-order valence-corrected chi connectivity index (χ2v) is 11.8. The van der Waals surface area contributed by atoms with Crippen LogP contribution >= 0.6 is 0 Å². The minimum Gasteiger partial charge on any atom is -1.00 e. The van der Waals surface area contributed by atoms with Crippen LogP contribution in [0.5, 0.6) is 0 Å². The van der Waals surface area contributed by atoms with E-state index in [2.05, 4.69) is 20.8 Å². The normalized spacial score (nSPS) is 14.4. The average Bonchev–Trinajstić information content (AvgIpc) is 3.08. The SMILES string of the molecule is CC(C)(C)[N+](C)(C)[Si](=O)C1=CC2=C(C1)c1ccccc1C(=C(F)F)c1ccccc12.[Cl-].[Cl-].[Ti]. The summed E-state index contributed by atoms with van der Waals surface area (Å²) in [5.41, 5.74) is 4.34. The van der Waals surface area contributed by atoms with Crippen LogP contribution in [0.3, 0.4) is 0 Å². The minimum absolute atomic E-state index is 0. The maximum Gasteiger partial charge on any atom is 0.587 e. The van der Waals surface area contributed by atoms with E-state index in [0.29, 0.717) is 21.7 Å². The average molecular weight is 541 g/mol. The van der Waals surface area contributed by atoms with Gasteiger partial charge in [0.15, 0.2) is 0 Å². The number of fused-ring (bicyclic) bond motifs is 4. The summed E-state index contributed by atoms with van der Waals surface area (Å²) in [5.74, 6) is 0. The second-order valence-electron chi connectivity index (χ2n) is 9.39. The Morgan fingerprint density at radius 2 is 1.33 bits per heavy atom. The number of hydrogen-bond acceptors (Lipinski definition) is 1. The van der Waals surface area contributed by atoms with E-state index in [1.54, 1.807) is 24.3 Å². The van der Waals surface area contributed by atoms with Crippen LogP contribution in [-0.4, -0.2) is 32.6 Å². The topological polar surface area (TPSA) is 17.1 Å². The third kappa shape index (κ3) is 4.95. The molecule has 0 saturated carbocycles. The first-order chi connectivity index (χ1) is 14.0. The summed E-state index contributed by atoms with van der Waals surface area (Å²) in [7, 11) is 1.86. The Morgan fingerprint density at radius 1 is 0.879 bits per heavy atom. The molecule has 0 bridgehead atoms. The molecular formula is C25H26Cl2F2NOSiTi-. The molecule has 0 radical (unpaired) electrons. The van der Waals surface area contributed by atoms with E-state index in [-0.39, 0.29) is 57.6 Å². The first-order valence-electron chi connectivity index (χ1n) is 10.1. The van der Waals surface area contributed by atoms with Crippen molar-refractivity contribution in [2.24, 2.45) is 0 Å². The number of rotatable bonds is 2. The van der Waals surface area contributed by atoms with Crippen molar-refractivity contribution in [1.29, 1.82) is 0 Å². The first-order valence-corrected chi connectivity index (χ1v) is 11.5. The van der Waals surface area contributed by atoms with Crippen molar-refractivity contribution in [3.8, 4) is 0 Å². The van der Waals surface area contributed by atoms with Crippen molar-refractivity contribution in [2.75, 3.05) is 14.1 Å². The van der Waals surface area contributed by atoms with Crippen LogP contribution in [-0.2, 0) is 26.2 Å². The molecule has 2 aromatic rings. The van der Waals surface area contributed by atoms with Crippen molar-refractivity contribution in [1.82, 2.24) is 0 Å². The van der Waals surface area contributed by atoms with Gasteiger partial charge in [-0.05, 0) is 60.2 Å². The van der Waals surface area contributed by atoms with E-state index in [0.717, 1.165) is 27.5 Å². The van der Waals surface area contributed by atoms with E-state index in [1.165, 1.54) is 0 Å². The number of halogens is 4. The van der Waals surface area contributed by atoms with Gasteiger partial charge in [-0.3, -0.25) is 0 Å². The van der Waals surface area contributed by atoms with E-state index < -0.39 is 14.9 Å². The Morgan fingerprint density at radius 3 is 1.82 bits per heavy atom. The number of quaternary nitrogens is 1. The number of nitrogens with zero attached hydrogens (tertiary/aromatic N) is 1. The number of allylic oxidation sites excluding steroid dienone is 4. The Bertz CT molecular complexity index is 1180. The molecule has 2 aliphatic carbocycles. The summed E-state index contributed by atoms with van der Waals surface area (Å²) in [4.78, 5) is 0. The Balaban J connectivity index is 0.00000181. The zero-order valence-electron chi connectivity index (χ0n) is 19.3. The van der Waals surface area contributed by atoms with Crippen molar-refractivity contribution in [3.05, 3.63) is 88.1 Å². The van der Waals surface area contributed by atoms with Crippen molar-refractivity contribution in [3.63, 3.8) is 0 Å². The van der Waals surface area contributed by atoms with Gasteiger partial charge in [-0.15, -0.1) is 0 Å². The Labute approximate surface area is 223 Å². The molecule has 0 heterocycles. The fourth-order valence-corrected chi connectivity index (χ4v) is 6.05. The van der Waals surface area contributed by atoms with Gasteiger partial charge in [0.25, 0.3) is 6.08 Å². The largest absolute Gasteiger partial charge is 1.00 e. The molecule has 0 atom stereocenters. The van der Waals surface area contributed by atoms with Gasteiger partial charge in [0.05, 0.1) is 25.2 Å². The molecule has 0 unspecified atom stereocenters. The van der Waals surface area contributed by atoms with Crippen LogP contribution in [0.4, 0.5) is 8.78 Å². The van der Waals surface area contributed by atoms with Crippen molar-refractivity contribution in [2.45, 2.75) is 32.7 Å². The molecule has 0 saturated heterocycles. The van der Waals surface area contributed by atoms with Gasteiger partial charge < -0.3 is 33.4 Å². The number of hydrogen-bond donors (Lipinski definition) is 0. The summed E-state index contributed by atoms with van der Waals surface area (Å²) in [6.45, 7) is 6.28. The van der Waals surface area contributed by atoms with E-state index in [4.69, 9.17) is 0 Å². The van der Waals surface area contributed by atoms with Gasteiger partial charge in [0.1, 0.15) is 0 Å². The van der Waals surface area contributed by atoms with Gasteiger partial charge >= 0.3 is 8.84 Å². The molecule has 0 aromatic heterocycles. The molecule has 2 aliphatic rings. The molecule has 4 rings (SSSR count). The fourth-order valence-electron chi connectivity index (χ4n) is 4.13. The molecule has 2 aromatic carbocycles. The van der Waals surface area contributed by atoms with Crippen molar-refractivity contribution < 1.29 is 63.9 Å². The fraction of sp³-hybridized carbons (Fsp3) is 0.280. The molecule has 0 fully saturated rings. The molecular weight excluding hydrogens is 515 g/mol. The molecule has 2 nitrogen and oxygen atoms in total. The maximum atomic E-state index is 14.1. The standard InChI is InChI=1S/C25H26F2NOSi.2ClH.Ti/c1-25(2,3)28(4,5)30(29)16-14-21-17-10-6-8-12-19(17)23(24(26)27)20-13-9-7-11-18(20)22(21)15-16;;;/h6-14H,15H2,1-5H3;2*1H;/q+1;;;/p-2. The summed E-state index contributed by atoms with van der Waals surface area (Å²) in [6.07, 6.45) is 0.841. The van der Waals surface area contributed by atoms with Crippen LogP contribution in [0.25, 0.3) is 16.7 Å². The molecule has 0 amide bonds. The summed E-state index contributed by atoms with van der Waals surface area (Å²) < 4.78 is 42.3. The van der Waals surface area contributed by atoms with Gasteiger partial charge in [0.2, 0.25) is 0 Å². The molecule has 0 spiro atoms. The predicted molar refractivity (Wildman–Crippen MR) is 119 cm³/mol. The molecule has 174 valence electrons. The summed E-state index contributed by atoms with van der Waals surface area (Å²) in [5, 5.41) is 0.905. The van der Waals surface area contributed by atoms with E-state index in [1.807, 2.05) is 44.4 Å². The Hall–Kier alpha value is -1.21. The summed E-state index contributed by atoms with van der Waals surface area (Å²) in [6, 6.07) is 14.6. The first kappa shape index (κ1) is 29.8. The smallest absolute Gasteiger partial charge is 0.587 e. The zero-order valence-corrected chi connectivity index (χ0v) is 23.3. The quantitative estimate of drug-likeness (QED) is 0.499. The van der Waals surface area contributed by atoms with Crippen LogP contribution in [0.2, 0.25) is 0 Å². The zero-order chi connectivity index (χ0) is 21.8. The minimum atomic E-state index is -2.16. The van der Waals surface area contributed by atoms with Crippen LogP contribution in [0.1, 0.15) is 49.4 Å². The van der Waals surface area contributed by atoms with Gasteiger partial charge in [-0.1, -0.05) is 48.5 Å². The number of benzene rings is 2. The van der Waals surface area contributed by atoms with Crippen LogP contribution in [0.15, 0.2) is 65.9 Å². The van der Waals surface area contributed by atoms with Crippen LogP contribution in [0, 0.1) is 0 Å². The van der Waals surface area contributed by atoms with E-state index in [9.17, 15) is 13.2 Å². The molecule has 33 heavy (non-hydrogen) atoms. The Kier molecular flexibility index (Phi) is 9.57. The maximum absolute atomic E-state index is 14.1.